The first-order chi connectivity index (χ1) is 9.10. The fourth-order valence-corrected chi connectivity index (χ4v) is 2.67. The van der Waals surface area contributed by atoms with Crippen molar-refractivity contribution in [3.8, 4) is 0 Å². The SMILES string of the molecule is CC[C@H](NC(=O)Cn1ncnn1)c1nc(C)c(C)s1. The number of hydrogen-bond acceptors (Lipinski definition) is 6. The summed E-state index contributed by atoms with van der Waals surface area (Å²) in [5.41, 5.74) is 1.02. The number of tetrazole rings is 1. The van der Waals surface area contributed by atoms with Crippen LogP contribution in [0.3, 0.4) is 0 Å². The topological polar surface area (TPSA) is 85.6 Å². The van der Waals surface area contributed by atoms with Crippen LogP contribution in [-0.4, -0.2) is 31.1 Å². The Morgan fingerprint density at radius 1 is 1.53 bits per heavy atom. The van der Waals surface area contributed by atoms with Crippen LogP contribution in [0.1, 0.15) is 35.0 Å². The van der Waals surface area contributed by atoms with Crippen LogP contribution in [-0.2, 0) is 11.3 Å². The molecule has 0 aliphatic heterocycles. The van der Waals surface area contributed by atoms with Crippen LogP contribution in [0.5, 0.6) is 0 Å². The first-order valence-electron chi connectivity index (χ1n) is 6.04. The van der Waals surface area contributed by atoms with Crippen LogP contribution in [0.15, 0.2) is 6.33 Å². The number of rotatable bonds is 5. The number of nitrogens with zero attached hydrogens (tertiary/aromatic N) is 5. The van der Waals surface area contributed by atoms with Crippen LogP contribution in [0.2, 0.25) is 0 Å². The number of carbonyl (C=O) groups excluding carboxylic acids is 1. The molecular weight excluding hydrogens is 264 g/mol. The van der Waals surface area contributed by atoms with Gasteiger partial charge in [-0.15, -0.1) is 21.5 Å². The molecule has 0 bridgehead atoms. The summed E-state index contributed by atoms with van der Waals surface area (Å²) in [4.78, 5) is 18.8. The Hall–Kier alpha value is -1.83. The van der Waals surface area contributed by atoms with Crippen LogP contribution >= 0.6 is 11.3 Å². The van der Waals surface area contributed by atoms with Crippen molar-refractivity contribution in [2.45, 2.75) is 39.8 Å². The molecule has 1 atom stereocenters. The predicted molar refractivity (Wildman–Crippen MR) is 70.6 cm³/mol. The summed E-state index contributed by atoms with van der Waals surface area (Å²) in [6, 6.07) is -0.0616. The van der Waals surface area contributed by atoms with E-state index in [1.54, 1.807) is 11.3 Å². The maximum Gasteiger partial charge on any atom is 0.244 e. The van der Waals surface area contributed by atoms with Crippen molar-refractivity contribution in [2.24, 2.45) is 0 Å². The van der Waals surface area contributed by atoms with E-state index < -0.39 is 0 Å². The Morgan fingerprint density at radius 3 is 2.84 bits per heavy atom. The molecule has 0 spiro atoms. The molecule has 2 aromatic heterocycles. The zero-order valence-corrected chi connectivity index (χ0v) is 11.9. The van der Waals surface area contributed by atoms with Gasteiger partial charge in [-0.3, -0.25) is 4.79 Å². The van der Waals surface area contributed by atoms with Gasteiger partial charge in [0.05, 0.1) is 11.7 Å². The molecule has 1 N–H and O–H groups in total. The quantitative estimate of drug-likeness (QED) is 0.883. The highest BCUT2D eigenvalue weighted by molar-refractivity contribution is 7.11. The Bertz CT molecular complexity index is 530. The van der Waals surface area contributed by atoms with Gasteiger partial charge in [0.15, 0.2) is 6.33 Å². The molecule has 0 radical (unpaired) electrons. The number of carbonyl (C=O) groups is 1. The van der Waals surface area contributed by atoms with Gasteiger partial charge < -0.3 is 5.32 Å². The minimum Gasteiger partial charge on any atom is -0.345 e. The van der Waals surface area contributed by atoms with Crippen molar-refractivity contribution in [3.05, 3.63) is 21.9 Å². The van der Waals surface area contributed by atoms with Gasteiger partial charge in [-0.25, -0.2) is 4.98 Å². The highest BCUT2D eigenvalue weighted by Gasteiger charge is 2.17. The maximum atomic E-state index is 11.9. The van der Waals surface area contributed by atoms with Gasteiger partial charge >= 0.3 is 0 Å². The summed E-state index contributed by atoms with van der Waals surface area (Å²) in [6.07, 6.45) is 2.10. The molecule has 0 aliphatic carbocycles. The molecule has 7 nitrogen and oxygen atoms in total. The Kier molecular flexibility index (Phi) is 4.20. The predicted octanol–water partition coefficient (Wildman–Crippen LogP) is 1.01. The molecule has 19 heavy (non-hydrogen) atoms. The lowest BCUT2D eigenvalue weighted by molar-refractivity contribution is -0.122. The van der Waals surface area contributed by atoms with E-state index in [4.69, 9.17) is 0 Å². The number of aromatic nitrogens is 5. The Morgan fingerprint density at radius 2 is 2.32 bits per heavy atom. The molecular formula is C11H16N6OS. The van der Waals surface area contributed by atoms with Crippen LogP contribution < -0.4 is 5.32 Å². The maximum absolute atomic E-state index is 11.9. The minimum absolute atomic E-state index is 0.0616. The molecule has 0 aromatic carbocycles. The third kappa shape index (κ3) is 3.34. The molecule has 2 aromatic rings. The van der Waals surface area contributed by atoms with E-state index in [-0.39, 0.29) is 18.5 Å². The summed E-state index contributed by atoms with van der Waals surface area (Å²) >= 11 is 1.62. The van der Waals surface area contributed by atoms with Crippen molar-refractivity contribution in [3.63, 3.8) is 0 Å². The number of thiazole rings is 1. The second kappa shape index (κ2) is 5.87. The summed E-state index contributed by atoms with van der Waals surface area (Å²) in [5.74, 6) is -0.143. The van der Waals surface area contributed by atoms with Gasteiger partial charge in [0, 0.05) is 4.88 Å². The van der Waals surface area contributed by atoms with Crippen molar-refractivity contribution in [1.29, 1.82) is 0 Å². The second-order valence-electron chi connectivity index (χ2n) is 4.19. The molecule has 0 saturated heterocycles. The highest BCUT2D eigenvalue weighted by atomic mass is 32.1. The molecule has 2 heterocycles. The van der Waals surface area contributed by atoms with E-state index >= 15 is 0 Å². The fraction of sp³-hybridized carbons (Fsp3) is 0.545. The zero-order chi connectivity index (χ0) is 13.8. The molecule has 0 unspecified atom stereocenters. The van der Waals surface area contributed by atoms with Crippen LogP contribution in [0.25, 0.3) is 0 Å². The number of aryl methyl sites for hydroxylation is 2. The fourth-order valence-electron chi connectivity index (χ4n) is 1.61. The van der Waals surface area contributed by atoms with Crippen molar-refractivity contribution >= 4 is 17.2 Å². The summed E-state index contributed by atoms with van der Waals surface area (Å²) in [5, 5.41) is 14.9. The summed E-state index contributed by atoms with van der Waals surface area (Å²) in [7, 11) is 0. The van der Waals surface area contributed by atoms with E-state index in [2.05, 4.69) is 25.7 Å². The lowest BCUT2D eigenvalue weighted by Gasteiger charge is -2.13. The van der Waals surface area contributed by atoms with Gasteiger partial charge in [-0.1, -0.05) is 6.92 Å². The van der Waals surface area contributed by atoms with Gasteiger partial charge in [-0.2, -0.15) is 4.80 Å². The lowest BCUT2D eigenvalue weighted by Crippen LogP contribution is -2.32. The third-order valence-electron chi connectivity index (χ3n) is 2.76. The van der Waals surface area contributed by atoms with E-state index in [1.807, 2.05) is 20.8 Å². The summed E-state index contributed by atoms with van der Waals surface area (Å²) < 4.78 is 0. The first kappa shape index (κ1) is 13.6. The normalized spacial score (nSPS) is 12.4. The zero-order valence-electron chi connectivity index (χ0n) is 11.1. The third-order valence-corrected chi connectivity index (χ3v) is 3.95. The van der Waals surface area contributed by atoms with Crippen molar-refractivity contribution in [2.75, 3.05) is 0 Å². The second-order valence-corrected chi connectivity index (χ2v) is 5.42. The molecule has 1 amide bonds. The van der Waals surface area contributed by atoms with Gasteiger partial charge in [0.2, 0.25) is 5.91 Å². The van der Waals surface area contributed by atoms with Crippen molar-refractivity contribution < 1.29 is 4.79 Å². The highest BCUT2D eigenvalue weighted by Crippen LogP contribution is 2.24. The van der Waals surface area contributed by atoms with Crippen LogP contribution in [0.4, 0.5) is 0 Å². The van der Waals surface area contributed by atoms with E-state index in [0.717, 1.165) is 17.1 Å². The molecule has 102 valence electrons. The Balaban J connectivity index is 2.00. The average Bonchev–Trinajstić information content (AvgIpc) is 2.97. The largest absolute Gasteiger partial charge is 0.345 e. The van der Waals surface area contributed by atoms with Crippen molar-refractivity contribution in [1.82, 2.24) is 30.5 Å². The smallest absolute Gasteiger partial charge is 0.244 e. The molecule has 0 fully saturated rings. The minimum atomic E-state index is -0.143. The monoisotopic (exact) mass is 280 g/mol. The van der Waals surface area contributed by atoms with E-state index in [9.17, 15) is 4.79 Å². The standard InChI is InChI=1S/C11H16N6OS/c1-4-9(11-14-7(2)8(3)19-11)15-10(18)5-17-13-6-12-16-17/h6,9H,4-5H2,1-3H3,(H,15,18)/t9-/m0/s1. The Labute approximate surface area is 115 Å². The first-order valence-corrected chi connectivity index (χ1v) is 6.85. The van der Waals surface area contributed by atoms with E-state index in [1.165, 1.54) is 16.0 Å². The molecule has 8 heteroatoms. The molecule has 0 saturated carbocycles. The van der Waals surface area contributed by atoms with Gasteiger partial charge in [-0.05, 0) is 25.5 Å². The van der Waals surface area contributed by atoms with Gasteiger partial charge in [0.1, 0.15) is 11.6 Å². The lowest BCUT2D eigenvalue weighted by atomic mass is 10.2. The summed E-state index contributed by atoms with van der Waals surface area (Å²) in [6.45, 7) is 6.10. The van der Waals surface area contributed by atoms with Crippen LogP contribution in [0, 0.1) is 13.8 Å². The number of amides is 1. The average molecular weight is 280 g/mol. The molecule has 0 aliphatic rings. The molecule has 2 rings (SSSR count). The number of hydrogen-bond donors (Lipinski definition) is 1. The number of nitrogens with one attached hydrogen (secondary N) is 1. The van der Waals surface area contributed by atoms with E-state index in [0.29, 0.717) is 0 Å². The van der Waals surface area contributed by atoms with Gasteiger partial charge in [0.25, 0.3) is 0 Å².